The molecule has 2 saturated heterocycles. The van der Waals surface area contributed by atoms with Gasteiger partial charge in [-0.15, -0.1) is 0 Å². The summed E-state index contributed by atoms with van der Waals surface area (Å²) in [5.74, 6) is -0.984. The number of hydrogen-bond acceptors (Lipinski definition) is 3. The van der Waals surface area contributed by atoms with E-state index in [1.54, 1.807) is 4.90 Å². The van der Waals surface area contributed by atoms with Crippen LogP contribution in [0.4, 0.5) is 0 Å². The lowest BCUT2D eigenvalue weighted by Crippen LogP contribution is -2.65. The number of amides is 1. The van der Waals surface area contributed by atoms with Crippen LogP contribution in [-0.2, 0) is 9.59 Å². The third-order valence-corrected chi connectivity index (χ3v) is 4.85. The summed E-state index contributed by atoms with van der Waals surface area (Å²) in [5.41, 5.74) is -1.02. The van der Waals surface area contributed by atoms with Crippen molar-refractivity contribution in [3.05, 3.63) is 0 Å². The van der Waals surface area contributed by atoms with Crippen LogP contribution < -0.4 is 0 Å². The molecule has 2 aliphatic heterocycles. The summed E-state index contributed by atoms with van der Waals surface area (Å²) in [6.45, 7) is 5.27. The molecule has 108 valence electrons. The van der Waals surface area contributed by atoms with Crippen molar-refractivity contribution in [2.45, 2.75) is 70.1 Å². The van der Waals surface area contributed by atoms with Crippen molar-refractivity contribution < 1.29 is 14.7 Å². The molecule has 5 nitrogen and oxygen atoms in total. The number of rotatable bonds is 3. The summed E-state index contributed by atoms with van der Waals surface area (Å²) in [7, 11) is 2.07. The largest absolute Gasteiger partial charge is 0.479 e. The van der Waals surface area contributed by atoms with Gasteiger partial charge in [0.25, 0.3) is 0 Å². The van der Waals surface area contributed by atoms with Crippen molar-refractivity contribution in [2.24, 2.45) is 0 Å². The summed E-state index contributed by atoms with van der Waals surface area (Å²) in [5, 5.41) is 9.79. The highest BCUT2D eigenvalue weighted by Gasteiger charge is 2.55. The third-order valence-electron chi connectivity index (χ3n) is 4.85. The Hall–Kier alpha value is -1.10. The van der Waals surface area contributed by atoms with Gasteiger partial charge in [-0.05, 0) is 46.6 Å². The number of carbonyl (C=O) groups excluding carboxylic acids is 1. The van der Waals surface area contributed by atoms with Gasteiger partial charge in [-0.3, -0.25) is 4.79 Å². The average Bonchev–Trinajstić information content (AvgIpc) is 2.51. The lowest BCUT2D eigenvalue weighted by atomic mass is 9.80. The van der Waals surface area contributed by atoms with Gasteiger partial charge in [0.05, 0.1) is 0 Å². The van der Waals surface area contributed by atoms with Crippen molar-refractivity contribution in [2.75, 3.05) is 7.05 Å². The molecule has 0 saturated carbocycles. The first-order valence-electron chi connectivity index (χ1n) is 7.05. The van der Waals surface area contributed by atoms with Gasteiger partial charge in [0.15, 0.2) is 0 Å². The SMILES string of the molecule is CC(=O)N(C(C)C)C1(C(=O)O)CC2CCC(C1)N2C. The van der Waals surface area contributed by atoms with Crippen molar-refractivity contribution in [3.8, 4) is 0 Å². The van der Waals surface area contributed by atoms with E-state index in [-0.39, 0.29) is 24.0 Å². The number of piperidine rings is 1. The highest BCUT2D eigenvalue weighted by atomic mass is 16.4. The Morgan fingerprint density at radius 2 is 1.74 bits per heavy atom. The minimum atomic E-state index is -1.02. The zero-order valence-electron chi connectivity index (χ0n) is 12.2. The number of aliphatic carboxylic acids is 1. The molecule has 2 unspecified atom stereocenters. The number of nitrogens with zero attached hydrogens (tertiary/aromatic N) is 2. The molecule has 0 radical (unpaired) electrons. The average molecular weight is 268 g/mol. The minimum Gasteiger partial charge on any atom is -0.479 e. The Bertz CT molecular complexity index is 380. The summed E-state index contributed by atoms with van der Waals surface area (Å²) >= 11 is 0. The standard InChI is InChI=1S/C14H24N2O3/c1-9(2)16(10(3)17)14(13(18)19)7-11-5-6-12(8-14)15(11)4/h9,11-12H,5-8H2,1-4H3,(H,18,19). The molecule has 1 N–H and O–H groups in total. The number of carboxylic acids is 1. The molecule has 2 atom stereocenters. The van der Waals surface area contributed by atoms with E-state index in [1.165, 1.54) is 6.92 Å². The molecule has 0 aromatic carbocycles. The molecule has 2 bridgehead atoms. The second kappa shape index (κ2) is 4.78. The quantitative estimate of drug-likeness (QED) is 0.838. The van der Waals surface area contributed by atoms with E-state index >= 15 is 0 Å². The third kappa shape index (κ3) is 2.14. The zero-order valence-corrected chi connectivity index (χ0v) is 12.2. The van der Waals surface area contributed by atoms with E-state index < -0.39 is 11.5 Å². The molecular formula is C14H24N2O3. The summed E-state index contributed by atoms with van der Waals surface area (Å²) < 4.78 is 0. The van der Waals surface area contributed by atoms with Crippen LogP contribution in [0.2, 0.25) is 0 Å². The first-order valence-corrected chi connectivity index (χ1v) is 7.05. The highest BCUT2D eigenvalue weighted by molar-refractivity contribution is 5.86. The van der Waals surface area contributed by atoms with Gasteiger partial charge in [0.1, 0.15) is 5.54 Å². The summed E-state index contributed by atoms with van der Waals surface area (Å²) in [6.07, 6.45) is 3.18. The van der Waals surface area contributed by atoms with Gasteiger partial charge in [0, 0.05) is 25.0 Å². The van der Waals surface area contributed by atoms with Crippen LogP contribution >= 0.6 is 0 Å². The van der Waals surface area contributed by atoms with E-state index in [9.17, 15) is 14.7 Å². The topological polar surface area (TPSA) is 60.9 Å². The highest BCUT2D eigenvalue weighted by Crippen LogP contribution is 2.43. The maximum absolute atomic E-state index is 12.0. The second-order valence-corrected chi connectivity index (χ2v) is 6.28. The van der Waals surface area contributed by atoms with E-state index in [4.69, 9.17) is 0 Å². The Morgan fingerprint density at radius 1 is 1.26 bits per heavy atom. The normalized spacial score (nSPS) is 34.6. The number of carbonyl (C=O) groups is 2. The second-order valence-electron chi connectivity index (χ2n) is 6.28. The van der Waals surface area contributed by atoms with Crippen LogP contribution in [0.3, 0.4) is 0 Å². The number of carboxylic acid groups (broad SMARTS) is 1. The molecule has 2 aliphatic rings. The number of hydrogen-bond donors (Lipinski definition) is 1. The predicted molar refractivity (Wildman–Crippen MR) is 71.8 cm³/mol. The molecule has 2 rings (SSSR count). The first kappa shape index (κ1) is 14.3. The van der Waals surface area contributed by atoms with Crippen molar-refractivity contribution in [3.63, 3.8) is 0 Å². The fourth-order valence-electron chi connectivity index (χ4n) is 4.08. The van der Waals surface area contributed by atoms with Crippen LogP contribution in [0.15, 0.2) is 0 Å². The van der Waals surface area contributed by atoms with Gasteiger partial charge >= 0.3 is 5.97 Å². The molecule has 0 aliphatic carbocycles. The summed E-state index contributed by atoms with van der Waals surface area (Å²) in [6, 6.07) is 0.488. The Balaban J connectivity index is 2.39. The fraction of sp³-hybridized carbons (Fsp3) is 0.857. The molecule has 2 fully saturated rings. The van der Waals surface area contributed by atoms with Crippen molar-refractivity contribution >= 4 is 11.9 Å². The lowest BCUT2D eigenvalue weighted by Gasteiger charge is -2.49. The molecule has 1 amide bonds. The van der Waals surface area contributed by atoms with Gasteiger partial charge in [-0.1, -0.05) is 0 Å². The van der Waals surface area contributed by atoms with Gasteiger partial charge in [0.2, 0.25) is 5.91 Å². The van der Waals surface area contributed by atoms with Crippen molar-refractivity contribution in [1.82, 2.24) is 9.80 Å². The monoisotopic (exact) mass is 268 g/mol. The van der Waals surface area contributed by atoms with Crippen LogP contribution in [0.25, 0.3) is 0 Å². The zero-order chi connectivity index (χ0) is 14.4. The van der Waals surface area contributed by atoms with E-state index in [1.807, 2.05) is 13.8 Å². The predicted octanol–water partition coefficient (Wildman–Crippen LogP) is 1.32. The lowest BCUT2D eigenvalue weighted by molar-refractivity contribution is -0.167. The maximum atomic E-state index is 12.0. The van der Waals surface area contributed by atoms with Crippen LogP contribution in [0.1, 0.15) is 46.5 Å². The molecule has 0 spiro atoms. The molecular weight excluding hydrogens is 244 g/mol. The molecule has 0 aromatic heterocycles. The smallest absolute Gasteiger partial charge is 0.329 e. The van der Waals surface area contributed by atoms with Gasteiger partial charge in [-0.2, -0.15) is 0 Å². The first-order chi connectivity index (χ1) is 8.79. The Morgan fingerprint density at radius 3 is 2.05 bits per heavy atom. The minimum absolute atomic E-state index is 0.0867. The maximum Gasteiger partial charge on any atom is 0.329 e. The summed E-state index contributed by atoms with van der Waals surface area (Å²) in [4.78, 5) is 27.8. The van der Waals surface area contributed by atoms with Crippen molar-refractivity contribution in [1.29, 1.82) is 0 Å². The van der Waals surface area contributed by atoms with E-state index in [0.29, 0.717) is 12.8 Å². The van der Waals surface area contributed by atoms with E-state index in [2.05, 4.69) is 11.9 Å². The molecule has 19 heavy (non-hydrogen) atoms. The Labute approximate surface area is 114 Å². The molecule has 5 heteroatoms. The fourth-order valence-corrected chi connectivity index (χ4v) is 4.08. The molecule has 0 aromatic rings. The van der Waals surface area contributed by atoms with Gasteiger partial charge < -0.3 is 14.9 Å². The van der Waals surface area contributed by atoms with E-state index in [0.717, 1.165) is 12.8 Å². The van der Waals surface area contributed by atoms with Crippen LogP contribution in [0.5, 0.6) is 0 Å². The van der Waals surface area contributed by atoms with Crippen LogP contribution in [0, 0.1) is 0 Å². The van der Waals surface area contributed by atoms with Gasteiger partial charge in [-0.25, -0.2) is 4.79 Å². The number of fused-ring (bicyclic) bond motifs is 2. The Kier molecular flexibility index (Phi) is 3.60. The molecule has 2 heterocycles. The van der Waals surface area contributed by atoms with Crippen LogP contribution in [-0.4, -0.2) is 57.5 Å².